The average Bonchev–Trinajstić information content (AvgIpc) is 2.74. The van der Waals surface area contributed by atoms with Crippen molar-refractivity contribution in [3.05, 3.63) is 56.5 Å². The molecule has 0 aromatic heterocycles. The van der Waals surface area contributed by atoms with Crippen LogP contribution in [0.2, 0.25) is 20.1 Å². The highest BCUT2D eigenvalue weighted by atomic mass is 35.5. The van der Waals surface area contributed by atoms with Gasteiger partial charge in [0.1, 0.15) is 0 Å². The van der Waals surface area contributed by atoms with Gasteiger partial charge in [0.2, 0.25) is 11.8 Å². The van der Waals surface area contributed by atoms with E-state index in [0.29, 0.717) is 21.4 Å². The number of carbonyl (C=O) groups excluding carboxylic acids is 4. The zero-order valence-electron chi connectivity index (χ0n) is 16.0. The van der Waals surface area contributed by atoms with Gasteiger partial charge in [0.25, 0.3) is 0 Å². The number of urea groups is 2. The Hall–Kier alpha value is -2.92. The Morgan fingerprint density at radius 2 is 0.938 bits per heavy atom. The van der Waals surface area contributed by atoms with Gasteiger partial charge in [0.15, 0.2) is 0 Å². The lowest BCUT2D eigenvalue weighted by atomic mass is 10.3. The van der Waals surface area contributed by atoms with Crippen LogP contribution in [-0.2, 0) is 9.59 Å². The highest BCUT2D eigenvalue weighted by Crippen LogP contribution is 2.25. The molecular formula is C18H16Cl4N6O4. The highest BCUT2D eigenvalue weighted by molar-refractivity contribution is 6.42. The minimum absolute atomic E-state index is 0.249. The molecule has 170 valence electrons. The second-order valence-electron chi connectivity index (χ2n) is 6.01. The Kier molecular flexibility index (Phi) is 9.66. The number of nitrogens with one attached hydrogen (secondary N) is 6. The van der Waals surface area contributed by atoms with Crippen molar-refractivity contribution in [1.82, 2.24) is 21.7 Å². The van der Waals surface area contributed by atoms with E-state index < -0.39 is 23.9 Å². The third-order valence-corrected chi connectivity index (χ3v) is 5.04. The van der Waals surface area contributed by atoms with Gasteiger partial charge >= 0.3 is 12.1 Å². The molecule has 32 heavy (non-hydrogen) atoms. The lowest BCUT2D eigenvalue weighted by molar-refractivity contribution is -0.127. The molecule has 0 heterocycles. The Morgan fingerprint density at radius 1 is 0.562 bits per heavy atom. The fourth-order valence-electron chi connectivity index (χ4n) is 2.08. The quantitative estimate of drug-likeness (QED) is 0.330. The van der Waals surface area contributed by atoms with Crippen LogP contribution in [0.25, 0.3) is 0 Å². The maximum atomic E-state index is 11.8. The fraction of sp³-hybridized carbons (Fsp3) is 0.111. The summed E-state index contributed by atoms with van der Waals surface area (Å²) in [6.45, 7) is 0. The number of rotatable bonds is 5. The van der Waals surface area contributed by atoms with Crippen LogP contribution in [-0.4, -0.2) is 23.9 Å². The van der Waals surface area contributed by atoms with Gasteiger partial charge in [0.05, 0.1) is 20.1 Å². The molecule has 0 aliphatic carbocycles. The fourth-order valence-corrected chi connectivity index (χ4v) is 2.67. The van der Waals surface area contributed by atoms with E-state index in [2.05, 4.69) is 32.3 Å². The molecular weight excluding hydrogens is 506 g/mol. The Morgan fingerprint density at radius 3 is 1.28 bits per heavy atom. The molecule has 0 saturated carbocycles. The van der Waals surface area contributed by atoms with Crippen molar-refractivity contribution in [2.45, 2.75) is 12.8 Å². The third kappa shape index (κ3) is 8.67. The van der Waals surface area contributed by atoms with E-state index in [0.717, 1.165) is 0 Å². The van der Waals surface area contributed by atoms with Crippen molar-refractivity contribution in [3.63, 3.8) is 0 Å². The summed E-state index contributed by atoms with van der Waals surface area (Å²) in [5, 5.41) is 6.01. The number of hydrazine groups is 2. The number of benzene rings is 2. The van der Waals surface area contributed by atoms with Crippen molar-refractivity contribution in [1.29, 1.82) is 0 Å². The standard InChI is InChI=1S/C18H16Cl4N6O4/c19-11-3-1-9(7-13(11)21)23-17(31)27-25-15(29)5-6-16(30)26-28-18(32)24-10-2-4-12(20)14(22)8-10/h1-4,7-8H,5-6H2,(H,25,29)(H,26,30)(H2,23,27,31)(H2,24,28,32). The molecule has 2 aromatic carbocycles. The van der Waals surface area contributed by atoms with Crippen LogP contribution in [0.4, 0.5) is 21.0 Å². The molecule has 10 nitrogen and oxygen atoms in total. The van der Waals surface area contributed by atoms with Gasteiger partial charge in [-0.1, -0.05) is 46.4 Å². The number of halogens is 4. The zero-order chi connectivity index (χ0) is 23.7. The van der Waals surface area contributed by atoms with Crippen LogP contribution in [0.3, 0.4) is 0 Å². The molecule has 0 bridgehead atoms. The summed E-state index contributed by atoms with van der Waals surface area (Å²) in [6, 6.07) is 7.42. The van der Waals surface area contributed by atoms with E-state index in [1.165, 1.54) is 36.4 Å². The molecule has 0 unspecified atom stereocenters. The zero-order valence-corrected chi connectivity index (χ0v) is 19.0. The molecule has 0 aliphatic rings. The lowest BCUT2D eigenvalue weighted by Gasteiger charge is -2.11. The van der Waals surface area contributed by atoms with Crippen LogP contribution < -0.4 is 32.3 Å². The second kappa shape index (κ2) is 12.2. The summed E-state index contributed by atoms with van der Waals surface area (Å²) in [4.78, 5) is 47.0. The van der Waals surface area contributed by atoms with Crippen LogP contribution in [0.15, 0.2) is 36.4 Å². The Labute approximate surface area is 202 Å². The highest BCUT2D eigenvalue weighted by Gasteiger charge is 2.10. The molecule has 6 amide bonds. The maximum Gasteiger partial charge on any atom is 0.337 e. The van der Waals surface area contributed by atoms with Crippen molar-refractivity contribution in [2.75, 3.05) is 10.6 Å². The van der Waals surface area contributed by atoms with Gasteiger partial charge in [-0.2, -0.15) is 0 Å². The number of carbonyl (C=O) groups is 4. The van der Waals surface area contributed by atoms with Crippen LogP contribution in [0.5, 0.6) is 0 Å². The maximum absolute atomic E-state index is 11.8. The van der Waals surface area contributed by atoms with Crippen molar-refractivity contribution < 1.29 is 19.2 Å². The molecule has 0 fully saturated rings. The van der Waals surface area contributed by atoms with E-state index >= 15 is 0 Å². The summed E-state index contributed by atoms with van der Waals surface area (Å²) in [5.74, 6) is -1.27. The molecule has 2 aromatic rings. The van der Waals surface area contributed by atoms with Gasteiger partial charge in [-0.25, -0.2) is 20.4 Å². The predicted octanol–water partition coefficient (Wildman–Crippen LogP) is 4.09. The first-order valence-electron chi connectivity index (χ1n) is 8.76. The summed E-state index contributed by atoms with van der Waals surface area (Å²) < 4.78 is 0. The number of hydrogen-bond donors (Lipinski definition) is 6. The minimum atomic E-state index is -0.734. The van der Waals surface area contributed by atoms with Crippen molar-refractivity contribution in [2.24, 2.45) is 0 Å². The van der Waals surface area contributed by atoms with E-state index in [1.807, 2.05) is 0 Å². The minimum Gasteiger partial charge on any atom is -0.307 e. The largest absolute Gasteiger partial charge is 0.337 e. The molecule has 0 aliphatic heterocycles. The lowest BCUT2D eigenvalue weighted by Crippen LogP contribution is -2.45. The first-order valence-corrected chi connectivity index (χ1v) is 10.3. The molecule has 0 spiro atoms. The van der Waals surface area contributed by atoms with Crippen LogP contribution in [0.1, 0.15) is 12.8 Å². The SMILES string of the molecule is O=C(CCC(=O)NNC(=O)Nc1ccc(Cl)c(Cl)c1)NNC(=O)Nc1ccc(Cl)c(Cl)c1. The molecule has 6 N–H and O–H groups in total. The topological polar surface area (TPSA) is 140 Å². The van der Waals surface area contributed by atoms with E-state index in [1.54, 1.807) is 0 Å². The normalized spacial score (nSPS) is 10.0. The molecule has 0 saturated heterocycles. The van der Waals surface area contributed by atoms with Gasteiger partial charge in [0, 0.05) is 24.2 Å². The summed E-state index contributed by atoms with van der Waals surface area (Å²) in [6.07, 6.45) is -0.510. The molecule has 0 atom stereocenters. The van der Waals surface area contributed by atoms with Gasteiger partial charge in [-0.3, -0.25) is 20.4 Å². The summed E-state index contributed by atoms with van der Waals surface area (Å²) in [5.41, 5.74) is 9.21. The number of anilines is 2. The van der Waals surface area contributed by atoms with Crippen molar-refractivity contribution in [3.8, 4) is 0 Å². The molecule has 0 radical (unpaired) electrons. The summed E-state index contributed by atoms with van der Waals surface area (Å²) in [7, 11) is 0. The first kappa shape index (κ1) is 25.3. The monoisotopic (exact) mass is 520 g/mol. The molecule has 2 rings (SSSR count). The molecule has 14 heteroatoms. The predicted molar refractivity (Wildman–Crippen MR) is 123 cm³/mol. The van der Waals surface area contributed by atoms with E-state index in [9.17, 15) is 19.2 Å². The second-order valence-corrected chi connectivity index (χ2v) is 7.64. The van der Waals surface area contributed by atoms with E-state index in [4.69, 9.17) is 46.4 Å². The average molecular weight is 522 g/mol. The Bertz CT molecular complexity index is 955. The van der Waals surface area contributed by atoms with E-state index in [-0.39, 0.29) is 22.9 Å². The van der Waals surface area contributed by atoms with Crippen LogP contribution in [0, 0.1) is 0 Å². The first-order chi connectivity index (χ1) is 15.1. The number of hydrogen-bond acceptors (Lipinski definition) is 4. The third-order valence-electron chi connectivity index (χ3n) is 3.56. The van der Waals surface area contributed by atoms with Gasteiger partial charge < -0.3 is 10.6 Å². The summed E-state index contributed by atoms with van der Waals surface area (Å²) >= 11 is 23.2. The van der Waals surface area contributed by atoms with Crippen LogP contribution >= 0.6 is 46.4 Å². The van der Waals surface area contributed by atoms with Gasteiger partial charge in [-0.05, 0) is 36.4 Å². The number of amides is 6. The van der Waals surface area contributed by atoms with Gasteiger partial charge in [-0.15, -0.1) is 0 Å². The van der Waals surface area contributed by atoms with Crippen molar-refractivity contribution >= 4 is 81.7 Å². The smallest absolute Gasteiger partial charge is 0.307 e. The Balaban J connectivity index is 1.63.